The number of hydrogen-bond acceptors (Lipinski definition) is 4. The molecule has 0 saturated carbocycles. The molecule has 3 N–H and O–H groups in total. The first-order valence-corrected chi connectivity index (χ1v) is 9.74. The van der Waals surface area contributed by atoms with Gasteiger partial charge in [-0.15, -0.1) is 0 Å². The molecule has 0 heterocycles. The summed E-state index contributed by atoms with van der Waals surface area (Å²) in [5.74, 6) is 0.769. The Kier molecular flexibility index (Phi) is 5.00. The fourth-order valence-electron chi connectivity index (χ4n) is 3.24. The number of hydrogen-bond donors (Lipinski definition) is 2. The molecule has 5 nitrogen and oxygen atoms in total. The molecule has 2 aromatic rings. The third-order valence-corrected chi connectivity index (χ3v) is 5.51. The third-order valence-electron chi connectivity index (χ3n) is 4.58. The van der Waals surface area contributed by atoms with Gasteiger partial charge in [-0.1, -0.05) is 18.2 Å². The van der Waals surface area contributed by atoms with Crippen molar-refractivity contribution in [3.05, 3.63) is 64.7 Å². The van der Waals surface area contributed by atoms with E-state index in [4.69, 9.17) is 9.88 Å². The topological polar surface area (TPSA) is 89.6 Å². The van der Waals surface area contributed by atoms with E-state index in [1.807, 2.05) is 31.2 Å². The minimum Gasteiger partial charge on any atom is -0.497 e. The van der Waals surface area contributed by atoms with Gasteiger partial charge in [0, 0.05) is 6.61 Å². The van der Waals surface area contributed by atoms with Crippen LogP contribution in [0, 0.1) is 0 Å². The summed E-state index contributed by atoms with van der Waals surface area (Å²) < 4.78 is 28.1. The van der Waals surface area contributed by atoms with Gasteiger partial charge in [0.1, 0.15) is 5.75 Å². The maximum Gasteiger partial charge on any atom is 0.238 e. The summed E-state index contributed by atoms with van der Waals surface area (Å²) in [5.41, 5.74) is 6.24. The summed E-state index contributed by atoms with van der Waals surface area (Å²) in [4.78, 5) is 0.0874. The van der Waals surface area contributed by atoms with Gasteiger partial charge in [-0.25, -0.2) is 13.6 Å². The monoisotopic (exact) mass is 371 g/mol. The molecule has 0 radical (unpaired) electrons. The summed E-state index contributed by atoms with van der Waals surface area (Å²) in [6.07, 6.45) is 2.58. The number of sulfonamides is 1. The molecule has 0 fully saturated rings. The lowest BCUT2D eigenvalue weighted by molar-refractivity contribution is 0.305. The molecule has 0 amide bonds. The van der Waals surface area contributed by atoms with Gasteiger partial charge in [-0.2, -0.15) is 0 Å². The predicted molar refractivity (Wildman–Crippen MR) is 103 cm³/mol. The molecule has 136 valence electrons. The molecule has 6 heteroatoms. The van der Waals surface area contributed by atoms with Crippen LogP contribution in [-0.2, 0) is 10.0 Å². The Morgan fingerprint density at radius 2 is 1.81 bits per heavy atom. The molecule has 0 aromatic heterocycles. The summed E-state index contributed by atoms with van der Waals surface area (Å²) in [6, 6.07) is 12.4. The maximum atomic E-state index is 11.4. The molecule has 26 heavy (non-hydrogen) atoms. The zero-order valence-electron chi connectivity index (χ0n) is 14.7. The number of aliphatic hydroxyl groups excluding tert-OH is 1. The number of rotatable bonds is 5. The highest BCUT2D eigenvalue weighted by Crippen LogP contribution is 2.44. The maximum absolute atomic E-state index is 11.4. The molecule has 1 aliphatic rings. The Hall–Kier alpha value is -2.41. The van der Waals surface area contributed by atoms with Crippen molar-refractivity contribution in [3.8, 4) is 5.75 Å². The second-order valence-corrected chi connectivity index (χ2v) is 7.72. The first-order chi connectivity index (χ1) is 12.3. The van der Waals surface area contributed by atoms with Gasteiger partial charge in [0.25, 0.3) is 0 Å². The van der Waals surface area contributed by atoms with E-state index in [9.17, 15) is 13.5 Å². The SMILES string of the molecule is COc1ccc2c(c1)C(CCO)=C(C)/C2=C/c1ccc(S(N)(=O)=O)cc1. The van der Waals surface area contributed by atoms with Crippen molar-refractivity contribution in [2.75, 3.05) is 13.7 Å². The van der Waals surface area contributed by atoms with Crippen LogP contribution in [0.1, 0.15) is 30.0 Å². The Bertz CT molecular complexity index is 1000. The Morgan fingerprint density at radius 1 is 1.12 bits per heavy atom. The zero-order chi connectivity index (χ0) is 18.9. The molecule has 3 rings (SSSR count). The average Bonchev–Trinajstić information content (AvgIpc) is 2.87. The molecule has 0 atom stereocenters. The number of fused-ring (bicyclic) bond motifs is 1. The molecule has 2 aromatic carbocycles. The number of aliphatic hydroxyl groups is 1. The van der Waals surface area contributed by atoms with Gasteiger partial charge in [-0.05, 0) is 77.1 Å². The number of nitrogens with two attached hydrogens (primary N) is 1. The predicted octanol–water partition coefficient (Wildman–Crippen LogP) is 3.05. The number of primary sulfonamides is 1. The van der Waals surface area contributed by atoms with Crippen molar-refractivity contribution in [2.24, 2.45) is 5.14 Å². The summed E-state index contributed by atoms with van der Waals surface area (Å²) >= 11 is 0. The van der Waals surface area contributed by atoms with E-state index in [2.05, 4.69) is 0 Å². The van der Waals surface area contributed by atoms with Gasteiger partial charge >= 0.3 is 0 Å². The largest absolute Gasteiger partial charge is 0.497 e. The molecular weight excluding hydrogens is 350 g/mol. The van der Waals surface area contributed by atoms with Crippen molar-refractivity contribution >= 4 is 27.2 Å². The summed E-state index contributed by atoms with van der Waals surface area (Å²) in [6.45, 7) is 2.10. The van der Waals surface area contributed by atoms with Crippen molar-refractivity contribution in [1.82, 2.24) is 0 Å². The standard InChI is InChI=1S/C20H21NO4S/c1-13-17(9-10-22)20-12-15(25-2)5-8-18(20)19(13)11-14-3-6-16(7-4-14)26(21,23)24/h3-8,11-12,22H,9-10H2,1-2H3,(H2,21,23,24)/b19-11-. The first kappa shape index (κ1) is 18.4. The van der Waals surface area contributed by atoms with E-state index < -0.39 is 10.0 Å². The molecule has 0 unspecified atom stereocenters. The molecule has 0 aliphatic heterocycles. The van der Waals surface area contributed by atoms with Crippen LogP contribution in [0.2, 0.25) is 0 Å². The minimum atomic E-state index is -3.70. The fraction of sp³-hybridized carbons (Fsp3) is 0.200. The van der Waals surface area contributed by atoms with Crippen molar-refractivity contribution in [3.63, 3.8) is 0 Å². The lowest BCUT2D eigenvalue weighted by Crippen LogP contribution is -2.11. The average molecular weight is 371 g/mol. The van der Waals surface area contributed by atoms with E-state index in [1.54, 1.807) is 19.2 Å². The Morgan fingerprint density at radius 3 is 2.38 bits per heavy atom. The van der Waals surface area contributed by atoms with E-state index in [0.29, 0.717) is 6.42 Å². The molecule has 0 bridgehead atoms. The van der Waals surface area contributed by atoms with Gasteiger partial charge in [0.15, 0.2) is 0 Å². The highest BCUT2D eigenvalue weighted by atomic mass is 32.2. The summed E-state index contributed by atoms with van der Waals surface area (Å²) in [7, 11) is -2.07. The van der Waals surface area contributed by atoms with Crippen molar-refractivity contribution in [2.45, 2.75) is 18.2 Å². The number of allylic oxidation sites excluding steroid dienone is 2. The zero-order valence-corrected chi connectivity index (χ0v) is 15.5. The molecule has 1 aliphatic carbocycles. The first-order valence-electron chi connectivity index (χ1n) is 8.19. The van der Waals surface area contributed by atoms with Crippen LogP contribution in [0.4, 0.5) is 0 Å². The van der Waals surface area contributed by atoms with Crippen LogP contribution in [0.3, 0.4) is 0 Å². The van der Waals surface area contributed by atoms with Gasteiger partial charge < -0.3 is 9.84 Å². The van der Waals surface area contributed by atoms with Crippen molar-refractivity contribution < 1.29 is 18.3 Å². The second-order valence-electron chi connectivity index (χ2n) is 6.16. The minimum absolute atomic E-state index is 0.0691. The van der Waals surface area contributed by atoms with E-state index in [1.165, 1.54) is 12.1 Å². The van der Waals surface area contributed by atoms with Crippen LogP contribution in [0.5, 0.6) is 5.75 Å². The highest BCUT2D eigenvalue weighted by molar-refractivity contribution is 7.89. The van der Waals surface area contributed by atoms with E-state index >= 15 is 0 Å². The third kappa shape index (κ3) is 3.44. The lowest BCUT2D eigenvalue weighted by atomic mass is 10.0. The van der Waals surface area contributed by atoms with Crippen molar-refractivity contribution in [1.29, 1.82) is 0 Å². The summed E-state index contributed by atoms with van der Waals surface area (Å²) in [5, 5.41) is 14.6. The van der Waals surface area contributed by atoms with Gasteiger partial charge in [0.05, 0.1) is 12.0 Å². The Balaban J connectivity index is 2.09. The van der Waals surface area contributed by atoms with E-state index in [0.717, 1.165) is 39.2 Å². The Labute approximate surface area is 153 Å². The van der Waals surface area contributed by atoms with Crippen LogP contribution in [0.25, 0.3) is 17.2 Å². The highest BCUT2D eigenvalue weighted by Gasteiger charge is 2.23. The fourth-order valence-corrected chi connectivity index (χ4v) is 3.76. The molecular formula is C20H21NO4S. The number of benzene rings is 2. The normalized spacial score (nSPS) is 15.5. The van der Waals surface area contributed by atoms with Crippen LogP contribution in [-0.4, -0.2) is 27.2 Å². The number of ether oxygens (including phenoxy) is 1. The van der Waals surface area contributed by atoms with Gasteiger partial charge in [-0.3, -0.25) is 0 Å². The molecule has 0 spiro atoms. The quantitative estimate of drug-likeness (QED) is 0.845. The van der Waals surface area contributed by atoms with Crippen LogP contribution in [0.15, 0.2) is 52.9 Å². The smallest absolute Gasteiger partial charge is 0.238 e. The lowest BCUT2D eigenvalue weighted by Gasteiger charge is -2.07. The van der Waals surface area contributed by atoms with E-state index in [-0.39, 0.29) is 11.5 Å². The van der Waals surface area contributed by atoms with Gasteiger partial charge in [0.2, 0.25) is 10.0 Å². The second kappa shape index (κ2) is 7.07. The van der Waals surface area contributed by atoms with Crippen LogP contribution < -0.4 is 9.88 Å². The number of methoxy groups -OCH3 is 1. The molecule has 0 saturated heterocycles. The van der Waals surface area contributed by atoms with Crippen LogP contribution >= 0.6 is 0 Å².